The zero-order chi connectivity index (χ0) is 10.7. The van der Waals surface area contributed by atoms with Crippen LogP contribution in [0.15, 0.2) is 32.7 Å². The Balaban J connectivity index is 3.29. The average Bonchev–Trinajstić information content (AvgIpc) is 2.15. The lowest BCUT2D eigenvalue weighted by atomic mass is 10.1. The van der Waals surface area contributed by atoms with Gasteiger partial charge in [-0.1, -0.05) is 37.9 Å². The number of halogens is 2. The predicted molar refractivity (Wildman–Crippen MR) is 64.2 cm³/mol. The van der Waals surface area contributed by atoms with Crippen molar-refractivity contribution in [3.63, 3.8) is 0 Å². The summed E-state index contributed by atoms with van der Waals surface area (Å²) in [6, 6.07) is 7.67. The average molecular weight is 316 g/mol. The largest absolute Gasteiger partial charge is 0.397 e. The molecule has 0 aliphatic heterocycles. The molecule has 0 spiro atoms. The van der Waals surface area contributed by atoms with Gasteiger partial charge in [-0.05, 0) is 19.1 Å². The van der Waals surface area contributed by atoms with Gasteiger partial charge in [0, 0.05) is 20.1 Å². The summed E-state index contributed by atoms with van der Waals surface area (Å²) in [7, 11) is 0. The van der Waals surface area contributed by atoms with E-state index in [1.165, 1.54) is 0 Å². The minimum atomic E-state index is 0.506. The summed E-state index contributed by atoms with van der Waals surface area (Å²) in [5, 5.41) is 8.70. The summed E-state index contributed by atoms with van der Waals surface area (Å²) in [6.07, 6.45) is 0. The van der Waals surface area contributed by atoms with Gasteiger partial charge in [-0.2, -0.15) is 5.26 Å². The molecule has 0 unspecified atom stereocenters. The summed E-state index contributed by atoms with van der Waals surface area (Å²) in [5.74, 6) is 0. The van der Waals surface area contributed by atoms with E-state index < -0.39 is 0 Å². The lowest BCUT2D eigenvalue weighted by Crippen LogP contribution is -2.00. The number of nitriles is 1. The van der Waals surface area contributed by atoms with Gasteiger partial charge < -0.3 is 5.73 Å². The number of hydrogen-bond donors (Lipinski definition) is 1. The van der Waals surface area contributed by atoms with Crippen LogP contribution in [-0.2, 0) is 0 Å². The Labute approximate surface area is 99.7 Å². The molecule has 0 bridgehead atoms. The van der Waals surface area contributed by atoms with Crippen molar-refractivity contribution in [2.24, 2.45) is 5.73 Å². The maximum Gasteiger partial charge on any atom is 0.0965 e. The molecule has 1 aromatic carbocycles. The zero-order valence-electron chi connectivity index (χ0n) is 7.51. The van der Waals surface area contributed by atoms with Crippen molar-refractivity contribution in [2.45, 2.75) is 6.92 Å². The SMILES string of the molecule is C/C(C#N)=C(/N)c1ccc(Br)cc1Br. The third kappa shape index (κ3) is 2.37. The number of hydrogen-bond acceptors (Lipinski definition) is 2. The van der Waals surface area contributed by atoms with E-state index in [1.807, 2.05) is 24.3 Å². The van der Waals surface area contributed by atoms with Crippen LogP contribution in [-0.4, -0.2) is 0 Å². The van der Waals surface area contributed by atoms with Crippen LogP contribution in [0.4, 0.5) is 0 Å². The van der Waals surface area contributed by atoms with E-state index in [2.05, 4.69) is 31.9 Å². The van der Waals surface area contributed by atoms with E-state index in [0.29, 0.717) is 11.3 Å². The zero-order valence-corrected chi connectivity index (χ0v) is 10.7. The molecule has 0 aromatic heterocycles. The van der Waals surface area contributed by atoms with Crippen molar-refractivity contribution in [1.29, 1.82) is 5.26 Å². The second kappa shape index (κ2) is 4.63. The van der Waals surface area contributed by atoms with E-state index in [-0.39, 0.29) is 0 Å². The summed E-state index contributed by atoms with van der Waals surface area (Å²) in [5.41, 5.74) is 7.68. The highest BCUT2D eigenvalue weighted by atomic mass is 79.9. The number of nitrogens with zero attached hydrogens (tertiary/aromatic N) is 1. The third-order valence-corrected chi connectivity index (χ3v) is 2.94. The van der Waals surface area contributed by atoms with Crippen molar-refractivity contribution in [3.05, 3.63) is 38.3 Å². The van der Waals surface area contributed by atoms with Gasteiger partial charge in [0.2, 0.25) is 0 Å². The minimum Gasteiger partial charge on any atom is -0.397 e. The van der Waals surface area contributed by atoms with Gasteiger partial charge in [0.25, 0.3) is 0 Å². The maximum atomic E-state index is 8.70. The highest BCUT2D eigenvalue weighted by molar-refractivity contribution is 9.11. The molecular formula is C10H8Br2N2. The predicted octanol–water partition coefficient (Wildman–Crippen LogP) is 3.42. The summed E-state index contributed by atoms with van der Waals surface area (Å²) < 4.78 is 1.84. The van der Waals surface area contributed by atoms with Crippen molar-refractivity contribution in [3.8, 4) is 6.07 Å². The molecule has 0 heterocycles. The summed E-state index contributed by atoms with van der Waals surface area (Å²) in [4.78, 5) is 0. The monoisotopic (exact) mass is 314 g/mol. The van der Waals surface area contributed by atoms with Crippen LogP contribution in [0, 0.1) is 11.3 Å². The first-order chi connectivity index (χ1) is 6.56. The molecule has 0 radical (unpaired) electrons. The fourth-order valence-electron chi connectivity index (χ4n) is 0.970. The van der Waals surface area contributed by atoms with E-state index in [9.17, 15) is 0 Å². The fourth-order valence-corrected chi connectivity index (χ4v) is 2.23. The Hall–Kier alpha value is -0.790. The molecule has 72 valence electrons. The Morgan fingerprint density at radius 1 is 1.43 bits per heavy atom. The smallest absolute Gasteiger partial charge is 0.0965 e. The second-order valence-electron chi connectivity index (χ2n) is 2.77. The molecule has 0 aliphatic carbocycles. The van der Waals surface area contributed by atoms with Crippen molar-refractivity contribution in [1.82, 2.24) is 0 Å². The van der Waals surface area contributed by atoms with Gasteiger partial charge in [0.15, 0.2) is 0 Å². The highest BCUT2D eigenvalue weighted by Gasteiger charge is 2.05. The molecule has 0 fully saturated rings. The van der Waals surface area contributed by atoms with Gasteiger partial charge in [-0.3, -0.25) is 0 Å². The molecule has 1 rings (SSSR count). The lowest BCUT2D eigenvalue weighted by Gasteiger charge is -2.05. The molecule has 0 atom stereocenters. The number of nitrogens with two attached hydrogens (primary N) is 1. The first-order valence-electron chi connectivity index (χ1n) is 3.88. The number of benzene rings is 1. The Morgan fingerprint density at radius 2 is 2.07 bits per heavy atom. The quantitative estimate of drug-likeness (QED) is 0.807. The van der Waals surface area contributed by atoms with Crippen LogP contribution in [0.1, 0.15) is 12.5 Å². The fraction of sp³-hybridized carbons (Fsp3) is 0.100. The molecule has 4 heteroatoms. The summed E-state index contributed by atoms with van der Waals surface area (Å²) in [6.45, 7) is 1.70. The minimum absolute atomic E-state index is 0.506. The van der Waals surface area contributed by atoms with E-state index in [4.69, 9.17) is 11.0 Å². The van der Waals surface area contributed by atoms with Crippen LogP contribution in [0.2, 0.25) is 0 Å². The van der Waals surface area contributed by atoms with Gasteiger partial charge in [0.1, 0.15) is 0 Å². The van der Waals surface area contributed by atoms with Gasteiger partial charge >= 0.3 is 0 Å². The molecule has 2 nitrogen and oxygen atoms in total. The number of allylic oxidation sites excluding steroid dienone is 1. The first kappa shape index (κ1) is 11.3. The van der Waals surface area contributed by atoms with Gasteiger partial charge in [0.05, 0.1) is 11.8 Å². The third-order valence-electron chi connectivity index (χ3n) is 1.79. The van der Waals surface area contributed by atoms with Crippen molar-refractivity contribution < 1.29 is 0 Å². The van der Waals surface area contributed by atoms with Crippen LogP contribution >= 0.6 is 31.9 Å². The molecule has 14 heavy (non-hydrogen) atoms. The lowest BCUT2D eigenvalue weighted by molar-refractivity contribution is 1.38. The van der Waals surface area contributed by atoms with Crippen molar-refractivity contribution in [2.75, 3.05) is 0 Å². The maximum absolute atomic E-state index is 8.70. The van der Waals surface area contributed by atoms with E-state index in [0.717, 1.165) is 14.5 Å². The summed E-state index contributed by atoms with van der Waals surface area (Å²) >= 11 is 6.74. The molecular weight excluding hydrogens is 308 g/mol. The van der Waals surface area contributed by atoms with Crippen LogP contribution in [0.3, 0.4) is 0 Å². The van der Waals surface area contributed by atoms with Crippen molar-refractivity contribution >= 4 is 37.6 Å². The van der Waals surface area contributed by atoms with Gasteiger partial charge in [-0.15, -0.1) is 0 Å². The topological polar surface area (TPSA) is 49.8 Å². The van der Waals surface area contributed by atoms with Gasteiger partial charge in [-0.25, -0.2) is 0 Å². The molecule has 2 N–H and O–H groups in total. The molecule has 0 aliphatic rings. The van der Waals surface area contributed by atoms with E-state index in [1.54, 1.807) is 6.92 Å². The molecule has 0 amide bonds. The Bertz CT molecular complexity index is 430. The molecule has 0 saturated carbocycles. The Kier molecular flexibility index (Phi) is 3.73. The van der Waals surface area contributed by atoms with E-state index >= 15 is 0 Å². The molecule has 1 aromatic rings. The van der Waals surface area contributed by atoms with Crippen LogP contribution in [0.25, 0.3) is 5.70 Å². The second-order valence-corrected chi connectivity index (χ2v) is 4.54. The molecule has 0 saturated heterocycles. The normalized spacial score (nSPS) is 11.9. The van der Waals surface area contributed by atoms with Crippen LogP contribution in [0.5, 0.6) is 0 Å². The standard InChI is InChI=1S/C10H8Br2N2/c1-6(5-13)10(14)8-3-2-7(11)4-9(8)12/h2-4H,14H2,1H3/b10-6-. The van der Waals surface area contributed by atoms with Crippen LogP contribution < -0.4 is 5.73 Å². The number of rotatable bonds is 1. The first-order valence-corrected chi connectivity index (χ1v) is 5.46. The Morgan fingerprint density at radius 3 is 2.57 bits per heavy atom. The highest BCUT2D eigenvalue weighted by Crippen LogP contribution is 2.26.